The third-order valence-electron chi connectivity index (χ3n) is 5.52. The monoisotopic (exact) mass is 364 g/mol. The molecule has 2 aliphatic rings. The van der Waals surface area contributed by atoms with Gasteiger partial charge < -0.3 is 20.8 Å². The van der Waals surface area contributed by atoms with Crippen LogP contribution in [0.2, 0.25) is 0 Å². The third kappa shape index (κ3) is 1.96. The molecule has 27 heavy (non-hydrogen) atoms. The zero-order valence-corrected chi connectivity index (χ0v) is 14.5. The highest BCUT2D eigenvalue weighted by molar-refractivity contribution is 6.06. The molecule has 1 fully saturated rings. The summed E-state index contributed by atoms with van der Waals surface area (Å²) in [7, 11) is 0. The van der Waals surface area contributed by atoms with Gasteiger partial charge >= 0.3 is 0 Å². The van der Waals surface area contributed by atoms with Crippen molar-refractivity contribution in [3.05, 3.63) is 41.3 Å². The molecule has 2 aromatic heterocycles. The van der Waals surface area contributed by atoms with Crippen LogP contribution in [0.4, 0.5) is 11.8 Å². The highest BCUT2D eigenvalue weighted by Gasteiger charge is 2.61. The second-order valence-electron chi connectivity index (χ2n) is 7.05. The van der Waals surface area contributed by atoms with Gasteiger partial charge in [0.15, 0.2) is 11.4 Å². The van der Waals surface area contributed by atoms with E-state index in [1.165, 1.54) is 13.3 Å². The number of hydrogen-bond donors (Lipinski definition) is 2. The van der Waals surface area contributed by atoms with Crippen LogP contribution in [-0.2, 0) is 15.0 Å². The van der Waals surface area contributed by atoms with Crippen LogP contribution in [0.5, 0.6) is 0 Å². The molecule has 9 heteroatoms. The molecule has 3 aromatic rings. The topological polar surface area (TPSA) is 141 Å². The number of carbonyl (C=O) groups excluding carboxylic acids is 2. The minimum atomic E-state index is -0.833. The number of oxazole rings is 1. The first-order chi connectivity index (χ1) is 12.9. The van der Waals surface area contributed by atoms with Crippen molar-refractivity contribution >= 4 is 34.6 Å². The number of hydrogen-bond acceptors (Lipinski definition) is 8. The Bertz CT molecular complexity index is 1130. The van der Waals surface area contributed by atoms with E-state index in [0.29, 0.717) is 35.4 Å². The zero-order valence-electron chi connectivity index (χ0n) is 14.5. The quantitative estimate of drug-likeness (QED) is 0.639. The number of rotatable bonds is 1. The minimum Gasteiger partial charge on any atom is -0.424 e. The second-order valence-corrected chi connectivity index (χ2v) is 7.05. The smallest absolute Gasteiger partial charge is 0.292 e. The van der Waals surface area contributed by atoms with Crippen LogP contribution < -0.4 is 11.5 Å². The van der Waals surface area contributed by atoms with Gasteiger partial charge in [-0.1, -0.05) is 6.07 Å². The van der Waals surface area contributed by atoms with Crippen LogP contribution in [0.1, 0.15) is 29.7 Å². The molecule has 1 unspecified atom stereocenters. The number of nitrogen functional groups attached to an aromatic ring is 2. The van der Waals surface area contributed by atoms with Crippen LogP contribution in [0.25, 0.3) is 11.1 Å². The third-order valence-corrected chi connectivity index (χ3v) is 5.52. The largest absolute Gasteiger partial charge is 0.424 e. The van der Waals surface area contributed by atoms with E-state index in [2.05, 4.69) is 15.0 Å². The van der Waals surface area contributed by atoms with Crippen molar-refractivity contribution in [3.8, 4) is 0 Å². The van der Waals surface area contributed by atoms with E-state index in [9.17, 15) is 9.59 Å². The maximum absolute atomic E-state index is 13.5. The fraction of sp³-hybridized carbons (Fsp3) is 0.278. The van der Waals surface area contributed by atoms with Crippen molar-refractivity contribution in [1.82, 2.24) is 19.9 Å². The highest BCUT2D eigenvalue weighted by Crippen LogP contribution is 2.51. The number of ketones is 1. The molecule has 3 heterocycles. The van der Waals surface area contributed by atoms with Crippen molar-refractivity contribution in [2.24, 2.45) is 0 Å². The van der Waals surface area contributed by atoms with Crippen molar-refractivity contribution in [3.63, 3.8) is 0 Å². The Hall–Kier alpha value is -3.49. The van der Waals surface area contributed by atoms with E-state index in [-0.39, 0.29) is 23.5 Å². The van der Waals surface area contributed by atoms with Crippen molar-refractivity contribution in [2.45, 2.75) is 18.3 Å². The standard InChI is InChI=1S/C18H16N6O3/c1-8(25)24-5-18(6-24)14-13(16(19)22-7-21-14)12(15(18)26)9-2-3-11-10(4-9)23-17(20)27-11/h2-4,7,12H,5-6H2,1H3,(H2,20,23)(H2,19,21,22). The Balaban J connectivity index is 1.67. The van der Waals surface area contributed by atoms with Crippen LogP contribution >= 0.6 is 0 Å². The normalized spacial score (nSPS) is 20.1. The molecule has 1 aromatic carbocycles. The molecule has 136 valence electrons. The Morgan fingerprint density at radius 2 is 2.07 bits per heavy atom. The fourth-order valence-corrected chi connectivity index (χ4v) is 4.19. The molecule has 5 rings (SSSR count). The van der Waals surface area contributed by atoms with E-state index in [1.54, 1.807) is 23.1 Å². The van der Waals surface area contributed by atoms with Crippen molar-refractivity contribution in [1.29, 1.82) is 0 Å². The molecule has 4 N–H and O–H groups in total. The fourth-order valence-electron chi connectivity index (χ4n) is 4.19. The predicted octanol–water partition coefficient (Wildman–Crippen LogP) is 0.597. The van der Waals surface area contributed by atoms with Crippen LogP contribution in [0.15, 0.2) is 28.9 Å². The molecule has 0 bridgehead atoms. The summed E-state index contributed by atoms with van der Waals surface area (Å²) < 4.78 is 5.31. The average molecular weight is 364 g/mol. The van der Waals surface area contributed by atoms with Gasteiger partial charge in [-0.3, -0.25) is 9.59 Å². The second kappa shape index (κ2) is 5.03. The van der Waals surface area contributed by atoms with Gasteiger partial charge in [-0.15, -0.1) is 0 Å². The Morgan fingerprint density at radius 1 is 1.30 bits per heavy atom. The van der Waals surface area contributed by atoms with Gasteiger partial charge in [-0.2, -0.15) is 4.98 Å². The number of Topliss-reactive ketones (excluding diaryl/α,β-unsaturated/α-hetero) is 1. The maximum atomic E-state index is 13.5. The zero-order chi connectivity index (χ0) is 18.9. The lowest BCUT2D eigenvalue weighted by Crippen LogP contribution is -2.63. The highest BCUT2D eigenvalue weighted by atomic mass is 16.4. The lowest BCUT2D eigenvalue weighted by atomic mass is 9.74. The molecular formula is C18H16N6O3. The maximum Gasteiger partial charge on any atom is 0.292 e. The SMILES string of the molecule is CC(=O)N1CC2(C1)C(=O)C(c1ccc3oc(N)nc3c1)c1c(N)ncnc12. The first-order valence-electron chi connectivity index (χ1n) is 8.47. The first-order valence-corrected chi connectivity index (χ1v) is 8.47. The molecule has 1 amide bonds. The Labute approximate surface area is 153 Å². The summed E-state index contributed by atoms with van der Waals surface area (Å²) in [5.41, 5.74) is 14.0. The van der Waals surface area contributed by atoms with Gasteiger partial charge in [0.25, 0.3) is 6.01 Å². The van der Waals surface area contributed by atoms with Crippen molar-refractivity contribution in [2.75, 3.05) is 24.6 Å². The van der Waals surface area contributed by atoms with E-state index in [0.717, 1.165) is 5.56 Å². The van der Waals surface area contributed by atoms with Crippen LogP contribution in [0, 0.1) is 0 Å². The summed E-state index contributed by atoms with van der Waals surface area (Å²) >= 11 is 0. The van der Waals surface area contributed by atoms with E-state index >= 15 is 0 Å². The lowest BCUT2D eigenvalue weighted by Gasteiger charge is -2.46. The number of likely N-dealkylation sites (tertiary alicyclic amines) is 1. The van der Waals surface area contributed by atoms with Gasteiger partial charge in [0.1, 0.15) is 23.1 Å². The van der Waals surface area contributed by atoms with Crippen LogP contribution in [-0.4, -0.2) is 44.6 Å². The molecule has 9 nitrogen and oxygen atoms in total. The molecule has 1 spiro atoms. The summed E-state index contributed by atoms with van der Waals surface area (Å²) in [5, 5.41) is 0. The minimum absolute atomic E-state index is 0.0296. The summed E-state index contributed by atoms with van der Waals surface area (Å²) in [5.74, 6) is -0.438. The Morgan fingerprint density at radius 3 is 2.81 bits per heavy atom. The van der Waals surface area contributed by atoms with E-state index < -0.39 is 11.3 Å². The molecule has 0 radical (unpaired) electrons. The summed E-state index contributed by atoms with van der Waals surface area (Å²) in [6.45, 7) is 2.10. The first kappa shape index (κ1) is 15.7. The number of benzene rings is 1. The number of anilines is 2. The van der Waals surface area contributed by atoms with Gasteiger partial charge in [0.05, 0.1) is 11.6 Å². The van der Waals surface area contributed by atoms with Gasteiger partial charge in [0.2, 0.25) is 5.91 Å². The summed E-state index contributed by atoms with van der Waals surface area (Å²) in [4.78, 5) is 39.4. The number of carbonyl (C=O) groups is 2. The molecule has 0 saturated carbocycles. The predicted molar refractivity (Wildman–Crippen MR) is 95.6 cm³/mol. The summed E-state index contributed by atoms with van der Waals surface area (Å²) in [6, 6.07) is 5.37. The number of amides is 1. The van der Waals surface area contributed by atoms with Gasteiger partial charge in [0, 0.05) is 25.6 Å². The summed E-state index contributed by atoms with van der Waals surface area (Å²) in [6.07, 6.45) is 1.36. The molecular weight excluding hydrogens is 348 g/mol. The molecule has 1 atom stereocenters. The number of nitrogens with zero attached hydrogens (tertiary/aromatic N) is 4. The molecule has 1 saturated heterocycles. The number of aromatic nitrogens is 3. The Kier molecular flexibility index (Phi) is 2.93. The molecule has 1 aliphatic carbocycles. The lowest BCUT2D eigenvalue weighted by molar-refractivity contribution is -0.142. The number of fused-ring (bicyclic) bond motifs is 3. The van der Waals surface area contributed by atoms with Gasteiger partial charge in [-0.05, 0) is 17.7 Å². The van der Waals surface area contributed by atoms with Crippen LogP contribution in [0.3, 0.4) is 0 Å². The van der Waals surface area contributed by atoms with E-state index in [1.807, 2.05) is 0 Å². The van der Waals surface area contributed by atoms with Crippen molar-refractivity contribution < 1.29 is 14.0 Å². The number of nitrogens with two attached hydrogens (primary N) is 2. The van der Waals surface area contributed by atoms with Gasteiger partial charge in [-0.25, -0.2) is 9.97 Å². The van der Waals surface area contributed by atoms with E-state index in [4.69, 9.17) is 15.9 Å². The average Bonchev–Trinajstić information content (AvgIpc) is 3.07. The molecule has 1 aliphatic heterocycles.